The molecule has 146 valence electrons. The minimum Gasteiger partial charge on any atom is -0.383 e. The number of nitrogens with zero attached hydrogens (tertiary/aromatic N) is 3. The van der Waals surface area contributed by atoms with E-state index in [2.05, 4.69) is 10.3 Å². The Labute approximate surface area is 159 Å². The Bertz CT molecular complexity index is 845. The minimum absolute atomic E-state index is 0.144. The Morgan fingerprint density at radius 1 is 1.26 bits per heavy atom. The summed E-state index contributed by atoms with van der Waals surface area (Å²) in [6.45, 7) is 1.33. The number of amides is 1. The van der Waals surface area contributed by atoms with Crippen LogP contribution in [-0.2, 0) is 25.1 Å². The topological polar surface area (TPSA) is 93.5 Å². The van der Waals surface area contributed by atoms with Gasteiger partial charge in [-0.2, -0.15) is 4.31 Å². The van der Waals surface area contributed by atoms with Crippen LogP contribution in [0.5, 0.6) is 0 Å². The summed E-state index contributed by atoms with van der Waals surface area (Å²) in [5.41, 5.74) is -0.854. The van der Waals surface area contributed by atoms with Gasteiger partial charge in [-0.1, -0.05) is 18.2 Å². The third-order valence-corrected chi connectivity index (χ3v) is 6.86. The largest absolute Gasteiger partial charge is 0.383 e. The molecule has 1 aromatic carbocycles. The Balaban J connectivity index is 1.79. The molecule has 0 spiro atoms. The molecule has 1 fully saturated rings. The zero-order valence-electron chi connectivity index (χ0n) is 15.2. The fourth-order valence-corrected chi connectivity index (χ4v) is 4.85. The van der Waals surface area contributed by atoms with E-state index in [0.29, 0.717) is 26.0 Å². The summed E-state index contributed by atoms with van der Waals surface area (Å²) in [6, 6.07) is 8.37. The highest BCUT2D eigenvalue weighted by Crippen LogP contribution is 2.33. The predicted molar refractivity (Wildman–Crippen MR) is 99.5 cm³/mol. The number of imidazole rings is 1. The van der Waals surface area contributed by atoms with Crippen molar-refractivity contribution in [3.8, 4) is 0 Å². The molecule has 1 aromatic heterocycles. The summed E-state index contributed by atoms with van der Waals surface area (Å²) in [4.78, 5) is 17.3. The Hall–Kier alpha value is -2.23. The third-order valence-electron chi connectivity index (χ3n) is 4.94. The van der Waals surface area contributed by atoms with Gasteiger partial charge in [-0.3, -0.25) is 4.79 Å². The van der Waals surface area contributed by atoms with E-state index in [0.717, 1.165) is 0 Å². The molecule has 0 radical (unpaired) electrons. The summed E-state index contributed by atoms with van der Waals surface area (Å²) in [6.07, 6.45) is 5.72. The molecule has 1 aliphatic heterocycles. The SMILES string of the molecule is COCCNC(=O)C1(n2ccnc2)CCN(S(=O)(=O)c2ccccc2)CC1. The van der Waals surface area contributed by atoms with Crippen LogP contribution in [0.15, 0.2) is 53.9 Å². The lowest BCUT2D eigenvalue weighted by Crippen LogP contribution is -2.56. The molecule has 0 bridgehead atoms. The maximum absolute atomic E-state index is 12.9. The summed E-state index contributed by atoms with van der Waals surface area (Å²) < 4.78 is 33.9. The number of rotatable bonds is 7. The number of ether oxygens (including phenoxy) is 1. The average Bonchev–Trinajstić information content (AvgIpc) is 3.24. The van der Waals surface area contributed by atoms with Gasteiger partial charge in [-0.15, -0.1) is 0 Å². The van der Waals surface area contributed by atoms with Crippen LogP contribution in [0.4, 0.5) is 0 Å². The number of methoxy groups -OCH3 is 1. The first kappa shape index (κ1) is 19.5. The highest BCUT2D eigenvalue weighted by Gasteiger charge is 2.45. The van der Waals surface area contributed by atoms with Gasteiger partial charge in [0, 0.05) is 39.1 Å². The van der Waals surface area contributed by atoms with E-state index in [-0.39, 0.29) is 23.9 Å². The summed E-state index contributed by atoms with van der Waals surface area (Å²) in [5, 5.41) is 2.89. The molecule has 2 aromatic rings. The van der Waals surface area contributed by atoms with Gasteiger partial charge >= 0.3 is 0 Å². The van der Waals surface area contributed by atoms with E-state index in [4.69, 9.17) is 4.74 Å². The second kappa shape index (κ2) is 8.20. The Morgan fingerprint density at radius 2 is 1.96 bits per heavy atom. The molecule has 1 amide bonds. The normalized spacial score (nSPS) is 17.5. The number of hydrogen-bond acceptors (Lipinski definition) is 5. The number of hydrogen-bond donors (Lipinski definition) is 1. The average molecular weight is 392 g/mol. The quantitative estimate of drug-likeness (QED) is 0.705. The first-order valence-electron chi connectivity index (χ1n) is 8.81. The van der Waals surface area contributed by atoms with Gasteiger partial charge in [0.1, 0.15) is 5.54 Å². The first-order valence-corrected chi connectivity index (χ1v) is 10.3. The highest BCUT2D eigenvalue weighted by molar-refractivity contribution is 7.89. The monoisotopic (exact) mass is 392 g/mol. The van der Waals surface area contributed by atoms with E-state index >= 15 is 0 Å². The van der Waals surface area contributed by atoms with Crippen LogP contribution in [0.3, 0.4) is 0 Å². The van der Waals surface area contributed by atoms with Crippen molar-refractivity contribution < 1.29 is 17.9 Å². The van der Waals surface area contributed by atoms with Gasteiger partial charge in [0.2, 0.25) is 15.9 Å². The van der Waals surface area contributed by atoms with Gasteiger partial charge in [0.25, 0.3) is 0 Å². The second-order valence-electron chi connectivity index (χ2n) is 6.47. The molecule has 9 heteroatoms. The standard InChI is InChI=1S/C18H24N4O4S/c1-26-14-10-20-17(23)18(21-13-9-19-15-21)7-11-22(12-8-18)27(24,25)16-5-3-2-4-6-16/h2-6,9,13,15H,7-8,10-12,14H2,1H3,(H,20,23). The van der Waals surface area contributed by atoms with E-state index in [9.17, 15) is 13.2 Å². The maximum Gasteiger partial charge on any atom is 0.246 e. The highest BCUT2D eigenvalue weighted by atomic mass is 32.2. The number of nitrogens with one attached hydrogen (secondary N) is 1. The van der Waals surface area contributed by atoms with Crippen LogP contribution in [0.1, 0.15) is 12.8 Å². The van der Waals surface area contributed by atoms with Crippen molar-refractivity contribution in [3.63, 3.8) is 0 Å². The molecule has 0 atom stereocenters. The van der Waals surface area contributed by atoms with Crippen molar-refractivity contribution in [1.29, 1.82) is 0 Å². The maximum atomic E-state index is 12.9. The minimum atomic E-state index is -3.57. The van der Waals surface area contributed by atoms with E-state index in [1.807, 2.05) is 0 Å². The van der Waals surface area contributed by atoms with Crippen molar-refractivity contribution in [2.45, 2.75) is 23.3 Å². The van der Waals surface area contributed by atoms with Gasteiger partial charge in [0.15, 0.2) is 0 Å². The number of benzene rings is 1. The first-order chi connectivity index (χ1) is 13.0. The van der Waals surface area contributed by atoms with Crippen molar-refractivity contribution in [1.82, 2.24) is 19.2 Å². The molecule has 8 nitrogen and oxygen atoms in total. The molecule has 27 heavy (non-hydrogen) atoms. The van der Waals surface area contributed by atoms with Crippen molar-refractivity contribution in [2.75, 3.05) is 33.4 Å². The van der Waals surface area contributed by atoms with Crippen LogP contribution in [-0.4, -0.2) is 61.5 Å². The molecule has 1 N–H and O–H groups in total. The van der Waals surface area contributed by atoms with E-state index in [1.165, 1.54) is 4.31 Å². The summed E-state index contributed by atoms with van der Waals surface area (Å²) >= 11 is 0. The molecule has 3 rings (SSSR count). The number of aromatic nitrogens is 2. The van der Waals surface area contributed by atoms with Gasteiger partial charge in [-0.05, 0) is 25.0 Å². The third kappa shape index (κ3) is 3.90. The number of sulfonamides is 1. The fraction of sp³-hybridized carbons (Fsp3) is 0.444. The van der Waals surface area contributed by atoms with E-state index < -0.39 is 15.6 Å². The lowest BCUT2D eigenvalue weighted by atomic mass is 9.87. The molecule has 2 heterocycles. The Kier molecular flexibility index (Phi) is 5.93. The number of carbonyl (C=O) groups is 1. The van der Waals surface area contributed by atoms with Crippen LogP contribution in [0.25, 0.3) is 0 Å². The molecule has 0 saturated carbocycles. The molecular weight excluding hydrogens is 368 g/mol. The van der Waals surface area contributed by atoms with Crippen LogP contribution in [0.2, 0.25) is 0 Å². The molecule has 0 aliphatic carbocycles. The molecule has 0 unspecified atom stereocenters. The molecule has 1 aliphatic rings. The van der Waals surface area contributed by atoms with Crippen LogP contribution in [0, 0.1) is 0 Å². The van der Waals surface area contributed by atoms with Gasteiger partial charge in [0.05, 0.1) is 17.8 Å². The Morgan fingerprint density at radius 3 is 2.56 bits per heavy atom. The zero-order valence-corrected chi connectivity index (χ0v) is 16.1. The fourth-order valence-electron chi connectivity index (χ4n) is 3.38. The summed E-state index contributed by atoms with van der Waals surface area (Å²) in [5.74, 6) is -0.144. The van der Waals surface area contributed by atoms with Gasteiger partial charge < -0.3 is 14.6 Å². The summed E-state index contributed by atoms with van der Waals surface area (Å²) in [7, 11) is -2.00. The van der Waals surface area contributed by atoms with Crippen molar-refractivity contribution in [3.05, 3.63) is 49.1 Å². The van der Waals surface area contributed by atoms with Crippen molar-refractivity contribution >= 4 is 15.9 Å². The van der Waals surface area contributed by atoms with Crippen molar-refractivity contribution in [2.24, 2.45) is 0 Å². The second-order valence-corrected chi connectivity index (χ2v) is 8.41. The zero-order chi connectivity index (χ0) is 19.3. The van der Waals surface area contributed by atoms with Crippen LogP contribution >= 0.6 is 0 Å². The van der Waals surface area contributed by atoms with E-state index in [1.54, 1.807) is 60.7 Å². The predicted octanol–water partition coefficient (Wildman–Crippen LogP) is 0.826. The molecule has 1 saturated heterocycles. The van der Waals surface area contributed by atoms with Gasteiger partial charge in [-0.25, -0.2) is 13.4 Å². The lowest BCUT2D eigenvalue weighted by molar-refractivity contribution is -0.132. The number of piperidine rings is 1. The lowest BCUT2D eigenvalue weighted by Gasteiger charge is -2.40. The smallest absolute Gasteiger partial charge is 0.246 e. The number of carbonyl (C=O) groups excluding carboxylic acids is 1. The van der Waals surface area contributed by atoms with Crippen LogP contribution < -0.4 is 5.32 Å². The molecular formula is C18H24N4O4S.